The van der Waals surface area contributed by atoms with E-state index in [9.17, 15) is 0 Å². The van der Waals surface area contributed by atoms with E-state index in [4.69, 9.17) is 15.2 Å². The van der Waals surface area contributed by atoms with Crippen LogP contribution in [0.4, 0.5) is 0 Å². The second-order valence-corrected chi connectivity index (χ2v) is 3.99. The van der Waals surface area contributed by atoms with Gasteiger partial charge < -0.3 is 15.2 Å². The van der Waals surface area contributed by atoms with Crippen molar-refractivity contribution in [2.75, 3.05) is 19.8 Å². The Morgan fingerprint density at radius 3 is 3.18 bits per heavy atom. The van der Waals surface area contributed by atoms with Gasteiger partial charge >= 0.3 is 0 Å². The number of hydrogen-bond acceptors (Lipinski definition) is 3. The smallest absolute Gasteiger partial charge is 0.122 e. The zero-order valence-electron chi connectivity index (χ0n) is 9.82. The lowest BCUT2D eigenvalue weighted by Gasteiger charge is -2.23. The highest BCUT2D eigenvalue weighted by molar-refractivity contribution is 5.39. The molecule has 0 saturated carbocycles. The Labute approximate surface area is 102 Å². The first-order valence-corrected chi connectivity index (χ1v) is 5.92. The molecule has 3 heteroatoms. The summed E-state index contributed by atoms with van der Waals surface area (Å²) in [6.07, 6.45) is 2.29. The highest BCUT2D eigenvalue weighted by Crippen LogP contribution is 2.18. The van der Waals surface area contributed by atoms with E-state index < -0.39 is 0 Å². The van der Waals surface area contributed by atoms with Gasteiger partial charge in [-0.2, -0.15) is 0 Å². The fourth-order valence-electron chi connectivity index (χ4n) is 1.80. The van der Waals surface area contributed by atoms with E-state index in [1.807, 2.05) is 24.3 Å². The molecule has 1 aromatic carbocycles. The number of hydrogen-bond donors (Lipinski definition) is 1. The molecule has 1 unspecified atom stereocenters. The van der Waals surface area contributed by atoms with Crippen molar-refractivity contribution in [3.8, 4) is 17.6 Å². The molecule has 1 atom stereocenters. The molecule has 3 nitrogen and oxygen atoms in total. The molecule has 0 bridgehead atoms. The quantitative estimate of drug-likeness (QED) is 0.785. The van der Waals surface area contributed by atoms with Gasteiger partial charge in [0.05, 0.1) is 13.2 Å². The van der Waals surface area contributed by atoms with Crippen LogP contribution in [0.25, 0.3) is 0 Å². The highest BCUT2D eigenvalue weighted by atomic mass is 16.5. The highest BCUT2D eigenvalue weighted by Gasteiger charge is 2.15. The molecule has 0 aromatic heterocycles. The lowest BCUT2D eigenvalue weighted by atomic mass is 10.1. The summed E-state index contributed by atoms with van der Waals surface area (Å²) in [6.45, 7) is 1.90. The van der Waals surface area contributed by atoms with Crippen molar-refractivity contribution in [1.29, 1.82) is 0 Å². The van der Waals surface area contributed by atoms with Gasteiger partial charge in [-0.25, -0.2) is 0 Å². The van der Waals surface area contributed by atoms with Crippen LogP contribution in [-0.4, -0.2) is 25.9 Å². The molecule has 1 fully saturated rings. The minimum absolute atomic E-state index is 0.168. The van der Waals surface area contributed by atoms with Gasteiger partial charge in [-0.1, -0.05) is 17.9 Å². The van der Waals surface area contributed by atoms with Crippen LogP contribution in [0.3, 0.4) is 0 Å². The van der Waals surface area contributed by atoms with Gasteiger partial charge in [0.25, 0.3) is 0 Å². The maximum absolute atomic E-state index is 5.85. The molecular formula is C14H17NO2. The fraction of sp³-hybridized carbons (Fsp3) is 0.429. The molecule has 2 N–H and O–H groups in total. The van der Waals surface area contributed by atoms with E-state index in [1.54, 1.807) is 0 Å². The maximum Gasteiger partial charge on any atom is 0.122 e. The summed E-state index contributed by atoms with van der Waals surface area (Å²) in [5.41, 5.74) is 6.28. The summed E-state index contributed by atoms with van der Waals surface area (Å²) in [5.74, 6) is 6.68. The number of rotatable bonds is 2. The first-order valence-electron chi connectivity index (χ1n) is 5.92. The molecule has 0 amide bonds. The van der Waals surface area contributed by atoms with Gasteiger partial charge in [-0.05, 0) is 31.0 Å². The Morgan fingerprint density at radius 1 is 1.47 bits per heavy atom. The van der Waals surface area contributed by atoms with Crippen molar-refractivity contribution in [2.45, 2.75) is 18.9 Å². The lowest BCUT2D eigenvalue weighted by molar-refractivity contribution is 0.00742. The van der Waals surface area contributed by atoms with E-state index in [0.29, 0.717) is 13.2 Å². The number of benzene rings is 1. The van der Waals surface area contributed by atoms with Gasteiger partial charge in [0.1, 0.15) is 11.9 Å². The summed E-state index contributed by atoms with van der Waals surface area (Å²) in [6, 6.07) is 7.78. The fourth-order valence-corrected chi connectivity index (χ4v) is 1.80. The maximum atomic E-state index is 5.85. The molecule has 1 aliphatic heterocycles. The molecule has 0 radical (unpaired) electrons. The topological polar surface area (TPSA) is 44.5 Å². The minimum atomic E-state index is 0.168. The Kier molecular flexibility index (Phi) is 4.43. The van der Waals surface area contributed by atoms with Crippen molar-refractivity contribution in [1.82, 2.24) is 0 Å². The molecule has 0 spiro atoms. The summed E-state index contributed by atoms with van der Waals surface area (Å²) >= 11 is 0. The molecule has 1 heterocycles. The van der Waals surface area contributed by atoms with Crippen LogP contribution in [0, 0.1) is 11.8 Å². The molecule has 1 saturated heterocycles. The third-order valence-electron chi connectivity index (χ3n) is 2.59. The third kappa shape index (κ3) is 3.77. The zero-order chi connectivity index (χ0) is 11.9. The minimum Gasteiger partial charge on any atom is -0.488 e. The van der Waals surface area contributed by atoms with Crippen LogP contribution in [0.1, 0.15) is 18.4 Å². The van der Waals surface area contributed by atoms with Crippen molar-refractivity contribution in [3.05, 3.63) is 29.8 Å². The van der Waals surface area contributed by atoms with E-state index >= 15 is 0 Å². The molecule has 1 aliphatic rings. The van der Waals surface area contributed by atoms with Crippen LogP contribution in [-0.2, 0) is 4.74 Å². The third-order valence-corrected chi connectivity index (χ3v) is 2.59. The molecule has 2 rings (SSSR count). The average molecular weight is 231 g/mol. The molecule has 17 heavy (non-hydrogen) atoms. The van der Waals surface area contributed by atoms with Gasteiger partial charge in [0, 0.05) is 12.2 Å². The van der Waals surface area contributed by atoms with Crippen molar-refractivity contribution in [2.24, 2.45) is 5.73 Å². The number of ether oxygens (including phenoxy) is 2. The Balaban J connectivity index is 2.00. The zero-order valence-corrected chi connectivity index (χ0v) is 9.82. The van der Waals surface area contributed by atoms with Gasteiger partial charge in [-0.15, -0.1) is 0 Å². The summed E-state index contributed by atoms with van der Waals surface area (Å²) in [5, 5.41) is 0. The standard InChI is InChI=1S/C14H17NO2/c15-8-2-5-12-4-1-6-13(10-12)17-14-7-3-9-16-11-14/h1,4,6,10,14H,3,7-9,11,15H2. The Morgan fingerprint density at radius 2 is 2.41 bits per heavy atom. The monoisotopic (exact) mass is 231 g/mol. The van der Waals surface area contributed by atoms with Gasteiger partial charge in [0.2, 0.25) is 0 Å². The Hall–Kier alpha value is -1.50. The van der Waals surface area contributed by atoms with Crippen molar-refractivity contribution >= 4 is 0 Å². The molecule has 0 aliphatic carbocycles. The van der Waals surface area contributed by atoms with E-state index in [0.717, 1.165) is 30.8 Å². The van der Waals surface area contributed by atoms with Crippen LogP contribution in [0.5, 0.6) is 5.75 Å². The molecular weight excluding hydrogens is 214 g/mol. The SMILES string of the molecule is NCC#Cc1cccc(OC2CCCOC2)c1. The molecule has 1 aromatic rings. The van der Waals surface area contributed by atoms with Gasteiger partial charge in [-0.3, -0.25) is 0 Å². The van der Waals surface area contributed by atoms with Crippen LogP contribution in [0.2, 0.25) is 0 Å². The van der Waals surface area contributed by atoms with E-state index in [2.05, 4.69) is 11.8 Å². The first-order chi connectivity index (χ1) is 8.38. The molecule has 90 valence electrons. The predicted molar refractivity (Wildman–Crippen MR) is 66.8 cm³/mol. The average Bonchev–Trinajstić information content (AvgIpc) is 2.38. The van der Waals surface area contributed by atoms with Gasteiger partial charge in [0.15, 0.2) is 0 Å². The van der Waals surface area contributed by atoms with Crippen LogP contribution < -0.4 is 10.5 Å². The predicted octanol–water partition coefficient (Wildman–Crippen LogP) is 1.55. The van der Waals surface area contributed by atoms with Crippen molar-refractivity contribution < 1.29 is 9.47 Å². The first kappa shape index (κ1) is 12.0. The summed E-state index contributed by atoms with van der Waals surface area (Å²) < 4.78 is 11.2. The largest absolute Gasteiger partial charge is 0.488 e. The second kappa shape index (κ2) is 6.29. The van der Waals surface area contributed by atoms with E-state index in [-0.39, 0.29) is 6.10 Å². The van der Waals surface area contributed by atoms with Crippen molar-refractivity contribution in [3.63, 3.8) is 0 Å². The summed E-state index contributed by atoms with van der Waals surface area (Å²) in [7, 11) is 0. The second-order valence-electron chi connectivity index (χ2n) is 3.99. The van der Waals surface area contributed by atoms with E-state index in [1.165, 1.54) is 0 Å². The van der Waals surface area contributed by atoms with Crippen LogP contribution in [0.15, 0.2) is 24.3 Å². The number of nitrogens with two attached hydrogens (primary N) is 1. The lowest BCUT2D eigenvalue weighted by Crippen LogP contribution is -2.27. The summed E-state index contributed by atoms with van der Waals surface area (Å²) in [4.78, 5) is 0. The normalized spacial score (nSPS) is 19.2. The van der Waals surface area contributed by atoms with Crippen LogP contribution >= 0.6 is 0 Å². The Bertz CT molecular complexity index is 414.